The minimum absolute atomic E-state index is 0.641. The average molecular weight is 751 g/mol. The zero-order valence-corrected chi connectivity index (χ0v) is 27.8. The summed E-state index contributed by atoms with van der Waals surface area (Å²) in [5.41, 5.74) is 8.30. The van der Waals surface area contributed by atoms with Crippen molar-refractivity contribution in [3.05, 3.63) is 40.8 Å². The molecule has 1 aromatic carbocycles. The number of nitrogens with one attached hydrogen (secondary N) is 1. The fourth-order valence-corrected chi connectivity index (χ4v) is 7.18. The fraction of sp³-hybridized carbons (Fsp3) is 0.724. The highest BCUT2D eigenvalue weighted by molar-refractivity contribution is 7.99. The molecule has 3 aliphatic rings. The molecular weight excluding hydrogens is 708 g/mol. The number of hydrogen-bond acceptors (Lipinski definition) is 18. The van der Waals surface area contributed by atoms with Crippen LogP contribution < -0.4 is 5.32 Å². The molecule has 11 N–H and O–H groups in total. The van der Waals surface area contributed by atoms with Crippen LogP contribution in [0.15, 0.2) is 40.3 Å². The number of amides is 1. The summed E-state index contributed by atoms with van der Waals surface area (Å²) >= 11 is 1.06. The number of benzene rings is 1. The molecule has 0 aromatic heterocycles. The lowest BCUT2D eigenvalue weighted by Crippen LogP contribution is -2.70. The number of aliphatic hydroxyl groups excluding tert-OH is 9. The number of aliphatic carboxylic acids is 1. The predicted molar refractivity (Wildman–Crippen MR) is 167 cm³/mol. The van der Waals surface area contributed by atoms with Crippen molar-refractivity contribution >= 4 is 23.6 Å². The maximum Gasteiger partial charge on any atom is 0.364 e. The van der Waals surface area contributed by atoms with Crippen molar-refractivity contribution in [1.29, 1.82) is 0 Å². The molecule has 22 heteroatoms. The van der Waals surface area contributed by atoms with Gasteiger partial charge in [-0.15, -0.1) is 0 Å². The number of carboxylic acids is 1. The molecule has 0 radical (unpaired) electrons. The van der Waals surface area contributed by atoms with Crippen LogP contribution in [0.4, 0.5) is 0 Å². The standard InChI is InChI=1S/C29H42N4O17S/c1-11(37)31-17-13(38)7-29(28(44)45,49-24(17)19(40)14(39)8-34)50-25-21(42)15(9-35)46-26(22(25)43)48-23-18(32-33-30)27(47-16(10-36)20(23)41)51-12-5-3-2-4-6-12/h2-6,13-27,34-36,38-43H,7-10H2,1H3,(H,31,37)(H,44,45)/t13-,14+,15+,16+,17+,18+,19+,20+,21-,22+,23+,24+,25-,26-,27-,29-/m0/s1. The molecular formula is C29H42N4O17S. The largest absolute Gasteiger partial charge is 0.477 e. The van der Waals surface area contributed by atoms with E-state index in [0.29, 0.717) is 4.90 Å². The SMILES string of the molecule is CC(=O)N[C@H]1[C@H]([C@H](O)[C@H](O)CO)O[C@@](O[C@H]2[C@@H](O)[C@@H](CO)O[C@@H](O[C@H]3[C@H](O)[C@@H](CO)O[C@@H](Sc4ccccc4)[C@@H]3N=[N+]=[N-])[C@@H]2O)(C(=O)O)C[C@@H]1O. The molecule has 51 heavy (non-hydrogen) atoms. The Balaban J connectivity index is 1.67. The summed E-state index contributed by atoms with van der Waals surface area (Å²) in [6, 6.07) is 5.73. The summed E-state index contributed by atoms with van der Waals surface area (Å²) in [4.78, 5) is 28.1. The Morgan fingerprint density at radius 2 is 1.67 bits per heavy atom. The molecule has 3 aliphatic heterocycles. The lowest BCUT2D eigenvalue weighted by molar-refractivity contribution is -0.377. The van der Waals surface area contributed by atoms with Crippen molar-refractivity contribution < 1.29 is 84.3 Å². The second kappa shape index (κ2) is 17.9. The van der Waals surface area contributed by atoms with Crippen LogP contribution in [-0.2, 0) is 33.3 Å². The number of azide groups is 1. The Bertz CT molecular complexity index is 1370. The minimum atomic E-state index is -3.03. The molecule has 0 spiro atoms. The van der Waals surface area contributed by atoms with E-state index in [9.17, 15) is 66.2 Å². The van der Waals surface area contributed by atoms with Gasteiger partial charge in [-0.25, -0.2) is 4.79 Å². The molecule has 0 bridgehead atoms. The predicted octanol–water partition coefficient (Wildman–Crippen LogP) is -4.11. The number of nitrogens with zero attached hydrogens (tertiary/aromatic N) is 3. The van der Waals surface area contributed by atoms with Crippen LogP contribution in [0.3, 0.4) is 0 Å². The molecule has 1 aromatic rings. The number of ether oxygens (including phenoxy) is 5. The van der Waals surface area contributed by atoms with Gasteiger partial charge in [0.1, 0.15) is 72.5 Å². The third-order valence-electron chi connectivity index (χ3n) is 8.63. The third-order valence-corrected chi connectivity index (χ3v) is 9.79. The Morgan fingerprint density at radius 1 is 1.04 bits per heavy atom. The van der Waals surface area contributed by atoms with Gasteiger partial charge in [0.25, 0.3) is 5.79 Å². The normalized spacial score (nSPS) is 39.7. The second-order valence-corrected chi connectivity index (χ2v) is 13.3. The number of carbonyl (C=O) groups is 2. The number of hydrogen-bond donors (Lipinski definition) is 11. The number of rotatable bonds is 14. The molecule has 3 fully saturated rings. The molecule has 1 amide bonds. The van der Waals surface area contributed by atoms with Gasteiger partial charge in [-0.1, -0.05) is 35.1 Å². The highest BCUT2D eigenvalue weighted by Crippen LogP contribution is 2.40. The van der Waals surface area contributed by atoms with Crippen LogP contribution in [0, 0.1) is 0 Å². The summed E-state index contributed by atoms with van der Waals surface area (Å²) in [5, 5.41) is 111. The van der Waals surface area contributed by atoms with E-state index in [1.165, 1.54) is 0 Å². The van der Waals surface area contributed by atoms with E-state index in [1.807, 2.05) is 0 Å². The van der Waals surface area contributed by atoms with Gasteiger partial charge in [0.2, 0.25) is 5.91 Å². The van der Waals surface area contributed by atoms with Crippen LogP contribution in [-0.4, -0.2) is 180 Å². The van der Waals surface area contributed by atoms with Gasteiger partial charge in [-0.3, -0.25) is 4.79 Å². The first-order chi connectivity index (χ1) is 24.2. The molecule has 0 unspecified atom stereocenters. The topological polar surface area (TPSA) is 343 Å². The van der Waals surface area contributed by atoms with Crippen molar-refractivity contribution in [3.8, 4) is 0 Å². The van der Waals surface area contributed by atoms with Crippen LogP contribution in [0.25, 0.3) is 10.4 Å². The summed E-state index contributed by atoms with van der Waals surface area (Å²) in [6.45, 7) is -1.69. The zero-order valence-electron chi connectivity index (χ0n) is 27.0. The van der Waals surface area contributed by atoms with E-state index in [1.54, 1.807) is 30.3 Å². The smallest absolute Gasteiger partial charge is 0.364 e. The van der Waals surface area contributed by atoms with E-state index in [4.69, 9.17) is 23.7 Å². The summed E-state index contributed by atoms with van der Waals surface area (Å²) in [7, 11) is 0. The Morgan fingerprint density at radius 3 is 2.24 bits per heavy atom. The molecule has 0 aliphatic carbocycles. The van der Waals surface area contributed by atoms with E-state index in [2.05, 4.69) is 15.3 Å². The Kier molecular flexibility index (Phi) is 14.4. The molecule has 16 atom stereocenters. The molecule has 3 saturated heterocycles. The molecule has 21 nitrogen and oxygen atoms in total. The first-order valence-corrected chi connectivity index (χ1v) is 16.6. The van der Waals surface area contributed by atoms with Crippen molar-refractivity contribution in [3.63, 3.8) is 0 Å². The van der Waals surface area contributed by atoms with Gasteiger partial charge in [0.05, 0.1) is 32.0 Å². The van der Waals surface area contributed by atoms with Gasteiger partial charge in [0, 0.05) is 23.2 Å². The van der Waals surface area contributed by atoms with E-state index >= 15 is 0 Å². The van der Waals surface area contributed by atoms with Crippen molar-refractivity contribution in [2.45, 2.75) is 115 Å². The lowest BCUT2D eigenvalue weighted by atomic mass is 9.88. The molecule has 4 rings (SSSR count). The minimum Gasteiger partial charge on any atom is -0.477 e. The number of carbonyl (C=O) groups excluding carboxylic acids is 1. The van der Waals surface area contributed by atoms with Crippen molar-refractivity contribution in [1.82, 2.24) is 5.32 Å². The lowest BCUT2D eigenvalue weighted by Gasteiger charge is -2.50. The number of thioether (sulfide) groups is 1. The molecule has 286 valence electrons. The van der Waals surface area contributed by atoms with Crippen molar-refractivity contribution in [2.75, 3.05) is 19.8 Å². The zero-order chi connectivity index (χ0) is 37.6. The monoisotopic (exact) mass is 750 g/mol. The maximum absolute atomic E-state index is 12.8. The average Bonchev–Trinajstić information content (AvgIpc) is 3.10. The third kappa shape index (κ3) is 9.08. The van der Waals surface area contributed by atoms with E-state index in [0.717, 1.165) is 18.7 Å². The molecule has 0 saturated carbocycles. The van der Waals surface area contributed by atoms with Gasteiger partial charge in [0.15, 0.2) is 6.29 Å². The summed E-state index contributed by atoms with van der Waals surface area (Å²) in [6.07, 6.45) is -23.5. The fourth-order valence-electron chi connectivity index (χ4n) is 6.05. The summed E-state index contributed by atoms with van der Waals surface area (Å²) < 4.78 is 28.6. The van der Waals surface area contributed by atoms with Crippen LogP contribution in [0.5, 0.6) is 0 Å². The maximum atomic E-state index is 12.8. The van der Waals surface area contributed by atoms with Gasteiger partial charge >= 0.3 is 5.97 Å². The van der Waals surface area contributed by atoms with E-state index < -0.39 is 135 Å². The van der Waals surface area contributed by atoms with Gasteiger partial charge in [-0.2, -0.15) is 0 Å². The van der Waals surface area contributed by atoms with E-state index in [-0.39, 0.29) is 0 Å². The van der Waals surface area contributed by atoms with Crippen LogP contribution in [0.2, 0.25) is 0 Å². The summed E-state index contributed by atoms with van der Waals surface area (Å²) in [5.74, 6) is -5.74. The molecule has 3 heterocycles. The van der Waals surface area contributed by atoms with Crippen LogP contribution in [0.1, 0.15) is 13.3 Å². The highest BCUT2D eigenvalue weighted by atomic mass is 32.2. The Hall–Kier alpha value is -2.74. The highest BCUT2D eigenvalue weighted by Gasteiger charge is 2.60. The van der Waals surface area contributed by atoms with Crippen LogP contribution >= 0.6 is 11.8 Å². The first-order valence-electron chi connectivity index (χ1n) is 15.7. The van der Waals surface area contributed by atoms with Crippen molar-refractivity contribution in [2.24, 2.45) is 5.11 Å². The van der Waals surface area contributed by atoms with Gasteiger partial charge < -0.3 is 80.1 Å². The Labute approximate surface area is 293 Å². The second-order valence-electron chi connectivity index (χ2n) is 12.1. The van der Waals surface area contributed by atoms with Gasteiger partial charge in [-0.05, 0) is 17.7 Å². The number of carboxylic acid groups (broad SMARTS) is 1. The first kappa shape index (κ1) is 41.0. The quantitative estimate of drug-likeness (QED) is 0.0489. The number of aliphatic hydroxyl groups is 9.